The fourth-order valence-corrected chi connectivity index (χ4v) is 2.59. The monoisotopic (exact) mass is 289 g/mol. The summed E-state index contributed by atoms with van der Waals surface area (Å²) in [7, 11) is 0. The SMILES string of the molecule is CCC(C)C(CNC1CC1)c1ccc(OCC(C)C)cc1. The van der Waals surface area contributed by atoms with Gasteiger partial charge in [0.05, 0.1) is 6.61 Å². The molecule has 2 rings (SSSR count). The molecule has 0 heterocycles. The molecule has 1 saturated carbocycles. The van der Waals surface area contributed by atoms with Gasteiger partial charge in [-0.05, 0) is 48.3 Å². The molecule has 0 aromatic heterocycles. The number of nitrogens with one attached hydrogen (secondary N) is 1. The van der Waals surface area contributed by atoms with Gasteiger partial charge in [-0.15, -0.1) is 0 Å². The number of hydrogen-bond acceptors (Lipinski definition) is 2. The van der Waals surface area contributed by atoms with Crippen LogP contribution >= 0.6 is 0 Å². The van der Waals surface area contributed by atoms with Crippen LogP contribution in [0.5, 0.6) is 5.75 Å². The molecule has 1 fully saturated rings. The first-order valence-corrected chi connectivity index (χ1v) is 8.56. The first-order chi connectivity index (χ1) is 10.1. The van der Waals surface area contributed by atoms with Crippen LogP contribution in [0.4, 0.5) is 0 Å². The summed E-state index contributed by atoms with van der Waals surface area (Å²) in [5, 5.41) is 3.69. The Morgan fingerprint density at radius 2 is 1.81 bits per heavy atom. The first kappa shape index (κ1) is 16.4. The van der Waals surface area contributed by atoms with Crippen molar-refractivity contribution in [2.75, 3.05) is 13.2 Å². The molecule has 1 aromatic rings. The van der Waals surface area contributed by atoms with Crippen LogP contribution in [0.1, 0.15) is 58.4 Å². The van der Waals surface area contributed by atoms with E-state index in [1.54, 1.807) is 0 Å². The van der Waals surface area contributed by atoms with Crippen LogP contribution in [0.15, 0.2) is 24.3 Å². The molecule has 21 heavy (non-hydrogen) atoms. The summed E-state index contributed by atoms with van der Waals surface area (Å²) in [6, 6.07) is 9.54. The highest BCUT2D eigenvalue weighted by Gasteiger charge is 2.24. The van der Waals surface area contributed by atoms with E-state index in [0.29, 0.717) is 17.8 Å². The molecular formula is C19H31NO. The Morgan fingerprint density at radius 3 is 2.33 bits per heavy atom. The Hall–Kier alpha value is -1.02. The predicted molar refractivity (Wildman–Crippen MR) is 90.0 cm³/mol. The first-order valence-electron chi connectivity index (χ1n) is 8.56. The molecule has 2 heteroatoms. The zero-order chi connectivity index (χ0) is 15.2. The minimum Gasteiger partial charge on any atom is -0.493 e. The molecule has 0 aliphatic heterocycles. The van der Waals surface area contributed by atoms with E-state index >= 15 is 0 Å². The molecule has 1 N–H and O–H groups in total. The average molecular weight is 289 g/mol. The van der Waals surface area contributed by atoms with Gasteiger partial charge in [-0.3, -0.25) is 0 Å². The van der Waals surface area contributed by atoms with Crippen molar-refractivity contribution in [1.29, 1.82) is 0 Å². The minimum atomic E-state index is 0.570. The Bertz CT molecular complexity index is 408. The van der Waals surface area contributed by atoms with Crippen molar-refractivity contribution in [3.8, 4) is 5.75 Å². The van der Waals surface area contributed by atoms with E-state index in [4.69, 9.17) is 4.74 Å². The van der Waals surface area contributed by atoms with Gasteiger partial charge < -0.3 is 10.1 Å². The third kappa shape index (κ3) is 5.35. The molecular weight excluding hydrogens is 258 g/mol. The van der Waals surface area contributed by atoms with Crippen LogP contribution in [0.2, 0.25) is 0 Å². The van der Waals surface area contributed by atoms with Gasteiger partial charge in [0.15, 0.2) is 0 Å². The summed E-state index contributed by atoms with van der Waals surface area (Å²) in [5.74, 6) is 2.87. The quantitative estimate of drug-likeness (QED) is 0.717. The molecule has 1 aliphatic carbocycles. The second-order valence-electron chi connectivity index (χ2n) is 6.95. The maximum atomic E-state index is 5.78. The third-order valence-electron chi connectivity index (χ3n) is 4.43. The van der Waals surface area contributed by atoms with Gasteiger partial charge in [-0.1, -0.05) is 46.2 Å². The lowest BCUT2D eigenvalue weighted by Gasteiger charge is -2.24. The molecule has 2 atom stereocenters. The van der Waals surface area contributed by atoms with Gasteiger partial charge in [0.2, 0.25) is 0 Å². The fourth-order valence-electron chi connectivity index (χ4n) is 2.59. The van der Waals surface area contributed by atoms with Gasteiger partial charge >= 0.3 is 0 Å². The van der Waals surface area contributed by atoms with Crippen molar-refractivity contribution in [2.24, 2.45) is 11.8 Å². The Balaban J connectivity index is 1.97. The fraction of sp³-hybridized carbons (Fsp3) is 0.684. The molecule has 2 unspecified atom stereocenters. The highest BCUT2D eigenvalue weighted by atomic mass is 16.5. The molecule has 118 valence electrons. The summed E-state index contributed by atoms with van der Waals surface area (Å²) >= 11 is 0. The molecule has 2 nitrogen and oxygen atoms in total. The zero-order valence-electron chi connectivity index (χ0n) is 14.1. The summed E-state index contributed by atoms with van der Waals surface area (Å²) < 4.78 is 5.78. The number of hydrogen-bond donors (Lipinski definition) is 1. The van der Waals surface area contributed by atoms with Crippen LogP contribution in [0, 0.1) is 11.8 Å². The maximum absolute atomic E-state index is 5.78. The lowest BCUT2D eigenvalue weighted by molar-refractivity contribution is 0.271. The Morgan fingerprint density at radius 1 is 1.14 bits per heavy atom. The summed E-state index contributed by atoms with van der Waals surface area (Å²) in [6.07, 6.45) is 3.94. The number of rotatable bonds is 9. The van der Waals surface area contributed by atoms with Gasteiger partial charge in [-0.25, -0.2) is 0 Å². The van der Waals surface area contributed by atoms with Gasteiger partial charge in [0.25, 0.3) is 0 Å². The maximum Gasteiger partial charge on any atom is 0.119 e. The average Bonchev–Trinajstić information content (AvgIpc) is 3.30. The lowest BCUT2D eigenvalue weighted by Crippen LogP contribution is -2.27. The molecule has 0 amide bonds. The van der Waals surface area contributed by atoms with Crippen LogP contribution in [0.25, 0.3) is 0 Å². The Kier molecular flexibility index (Phi) is 6.10. The van der Waals surface area contributed by atoms with Crippen LogP contribution in [0.3, 0.4) is 0 Å². The van der Waals surface area contributed by atoms with Crippen molar-refractivity contribution in [1.82, 2.24) is 5.32 Å². The second-order valence-corrected chi connectivity index (χ2v) is 6.95. The van der Waals surface area contributed by atoms with Crippen molar-refractivity contribution in [2.45, 2.75) is 58.9 Å². The third-order valence-corrected chi connectivity index (χ3v) is 4.43. The molecule has 0 spiro atoms. The van der Waals surface area contributed by atoms with Gasteiger partial charge in [-0.2, -0.15) is 0 Å². The summed E-state index contributed by atoms with van der Waals surface area (Å²) in [4.78, 5) is 0. The number of ether oxygens (including phenoxy) is 1. The van der Waals surface area contributed by atoms with E-state index in [0.717, 1.165) is 24.9 Å². The largest absolute Gasteiger partial charge is 0.493 e. The van der Waals surface area contributed by atoms with E-state index in [2.05, 4.69) is 57.3 Å². The van der Waals surface area contributed by atoms with E-state index < -0.39 is 0 Å². The van der Waals surface area contributed by atoms with Crippen molar-refractivity contribution < 1.29 is 4.74 Å². The topological polar surface area (TPSA) is 21.3 Å². The van der Waals surface area contributed by atoms with E-state index in [-0.39, 0.29) is 0 Å². The van der Waals surface area contributed by atoms with E-state index in [1.165, 1.54) is 24.8 Å². The Labute approximate surface area is 130 Å². The molecule has 1 aliphatic rings. The molecule has 0 saturated heterocycles. The van der Waals surface area contributed by atoms with Gasteiger partial charge in [0.1, 0.15) is 5.75 Å². The lowest BCUT2D eigenvalue weighted by atomic mass is 9.85. The van der Waals surface area contributed by atoms with Gasteiger partial charge in [0, 0.05) is 12.6 Å². The normalized spacial score (nSPS) is 17.8. The van der Waals surface area contributed by atoms with Crippen molar-refractivity contribution in [3.63, 3.8) is 0 Å². The molecule has 0 radical (unpaired) electrons. The van der Waals surface area contributed by atoms with E-state index in [1.807, 2.05) is 0 Å². The minimum absolute atomic E-state index is 0.570. The standard InChI is InChI=1S/C19H31NO/c1-5-15(4)19(12-20-17-8-9-17)16-6-10-18(11-7-16)21-13-14(2)3/h6-7,10-11,14-15,17,19-20H,5,8-9,12-13H2,1-4H3. The summed E-state index contributed by atoms with van der Waals surface area (Å²) in [6.45, 7) is 10.9. The smallest absolute Gasteiger partial charge is 0.119 e. The van der Waals surface area contributed by atoms with Crippen LogP contribution < -0.4 is 10.1 Å². The second kappa shape index (κ2) is 7.84. The summed E-state index contributed by atoms with van der Waals surface area (Å²) in [5.41, 5.74) is 1.44. The molecule has 1 aromatic carbocycles. The van der Waals surface area contributed by atoms with E-state index in [9.17, 15) is 0 Å². The van der Waals surface area contributed by atoms with Crippen molar-refractivity contribution in [3.05, 3.63) is 29.8 Å². The van der Waals surface area contributed by atoms with Crippen LogP contribution in [-0.2, 0) is 0 Å². The van der Waals surface area contributed by atoms with Crippen molar-refractivity contribution >= 4 is 0 Å². The predicted octanol–water partition coefficient (Wildman–Crippen LogP) is 4.60. The zero-order valence-corrected chi connectivity index (χ0v) is 14.1. The molecule has 0 bridgehead atoms. The van der Waals surface area contributed by atoms with Crippen LogP contribution in [-0.4, -0.2) is 19.2 Å². The highest BCUT2D eigenvalue weighted by Crippen LogP contribution is 2.29. The highest BCUT2D eigenvalue weighted by molar-refractivity contribution is 5.30. The number of benzene rings is 1.